The smallest absolute Gasteiger partial charge is 0.301 e. The predicted octanol–water partition coefficient (Wildman–Crippen LogP) is 2.46. The Bertz CT molecular complexity index is 574. The fourth-order valence-corrected chi connectivity index (χ4v) is 4.16. The maximum Gasteiger partial charge on any atom is 0.301 e. The number of benzene rings is 1. The molecule has 1 aliphatic rings. The number of nitrogens with zero attached hydrogens (tertiary/aromatic N) is 1. The molecule has 112 valence electrons. The average molecular weight is 384 g/mol. The first-order chi connectivity index (χ1) is 9.42. The van der Waals surface area contributed by atoms with Crippen LogP contribution in [0.5, 0.6) is 0 Å². The lowest BCUT2D eigenvalue weighted by molar-refractivity contribution is 0.170. The third-order valence-electron chi connectivity index (χ3n) is 3.34. The minimum absolute atomic E-state index is 0.111. The molecule has 1 aromatic rings. The quantitative estimate of drug-likeness (QED) is 0.839. The lowest BCUT2D eigenvalue weighted by atomic mass is 10.00. The van der Waals surface area contributed by atoms with Gasteiger partial charge < -0.3 is 5.11 Å². The molecule has 0 saturated carbocycles. The van der Waals surface area contributed by atoms with Gasteiger partial charge >= 0.3 is 10.2 Å². The van der Waals surface area contributed by atoms with E-state index in [9.17, 15) is 8.42 Å². The monoisotopic (exact) mass is 382 g/mol. The van der Waals surface area contributed by atoms with Crippen molar-refractivity contribution in [3.63, 3.8) is 0 Å². The van der Waals surface area contributed by atoms with Crippen LogP contribution in [0.3, 0.4) is 0 Å². The van der Waals surface area contributed by atoms with Crippen molar-refractivity contribution in [2.75, 3.05) is 24.4 Å². The molecule has 1 saturated heterocycles. The molecule has 1 aliphatic heterocycles. The van der Waals surface area contributed by atoms with Gasteiger partial charge in [0.1, 0.15) is 0 Å². The molecule has 0 spiro atoms. The fraction of sp³-hybridized carbons (Fsp3) is 0.500. The topological polar surface area (TPSA) is 69.6 Å². The molecule has 1 heterocycles. The van der Waals surface area contributed by atoms with Crippen LogP contribution >= 0.6 is 27.5 Å². The van der Waals surface area contributed by atoms with Crippen LogP contribution in [0.15, 0.2) is 22.7 Å². The van der Waals surface area contributed by atoms with Crippen molar-refractivity contribution >= 4 is 43.4 Å². The number of anilines is 1. The van der Waals surface area contributed by atoms with Gasteiger partial charge in [-0.2, -0.15) is 12.7 Å². The summed E-state index contributed by atoms with van der Waals surface area (Å²) in [5, 5.41) is 9.41. The van der Waals surface area contributed by atoms with E-state index < -0.39 is 10.2 Å². The summed E-state index contributed by atoms with van der Waals surface area (Å²) >= 11 is 9.28. The predicted molar refractivity (Wildman–Crippen MR) is 83.1 cm³/mol. The molecule has 0 atom stereocenters. The molecule has 2 rings (SSSR count). The molecule has 5 nitrogen and oxygen atoms in total. The SMILES string of the molecule is O=S(=O)(Nc1ccc(Br)cc1Cl)N1CCC(CO)CC1. The van der Waals surface area contributed by atoms with Gasteiger partial charge in [0.25, 0.3) is 0 Å². The Morgan fingerprint density at radius 2 is 2.05 bits per heavy atom. The summed E-state index contributed by atoms with van der Waals surface area (Å²) in [5.41, 5.74) is 0.360. The van der Waals surface area contributed by atoms with Gasteiger partial charge in [0.05, 0.1) is 10.7 Å². The first-order valence-corrected chi connectivity index (χ1v) is 8.87. The molecule has 1 aromatic carbocycles. The first kappa shape index (κ1) is 16.0. The first-order valence-electron chi connectivity index (χ1n) is 6.26. The van der Waals surface area contributed by atoms with Gasteiger partial charge in [-0.25, -0.2) is 0 Å². The van der Waals surface area contributed by atoms with Gasteiger partial charge in [-0.05, 0) is 37.0 Å². The minimum atomic E-state index is -3.60. The average Bonchev–Trinajstić information content (AvgIpc) is 2.42. The van der Waals surface area contributed by atoms with Crippen molar-refractivity contribution in [3.8, 4) is 0 Å². The minimum Gasteiger partial charge on any atom is -0.396 e. The van der Waals surface area contributed by atoms with Crippen molar-refractivity contribution in [3.05, 3.63) is 27.7 Å². The third-order valence-corrected chi connectivity index (χ3v) is 5.67. The van der Waals surface area contributed by atoms with Crippen LogP contribution in [0.2, 0.25) is 5.02 Å². The van der Waals surface area contributed by atoms with E-state index in [0.29, 0.717) is 36.6 Å². The molecule has 0 radical (unpaired) electrons. The highest BCUT2D eigenvalue weighted by molar-refractivity contribution is 9.10. The molecule has 20 heavy (non-hydrogen) atoms. The van der Waals surface area contributed by atoms with E-state index in [1.807, 2.05) is 0 Å². The van der Waals surface area contributed by atoms with E-state index in [0.717, 1.165) is 4.47 Å². The number of hydrogen-bond acceptors (Lipinski definition) is 3. The lowest BCUT2D eigenvalue weighted by Gasteiger charge is -2.30. The van der Waals surface area contributed by atoms with Crippen molar-refractivity contribution in [1.29, 1.82) is 0 Å². The Kier molecular flexibility index (Phi) is 5.30. The van der Waals surface area contributed by atoms with E-state index >= 15 is 0 Å². The standard InChI is InChI=1S/C12H16BrClN2O3S/c13-10-1-2-12(11(14)7-10)15-20(18,19)16-5-3-9(8-17)4-6-16/h1-2,7,9,15,17H,3-6,8H2. The lowest BCUT2D eigenvalue weighted by Crippen LogP contribution is -2.42. The van der Waals surface area contributed by atoms with Crippen molar-refractivity contribution in [1.82, 2.24) is 4.31 Å². The van der Waals surface area contributed by atoms with Crippen LogP contribution in [-0.4, -0.2) is 37.5 Å². The summed E-state index contributed by atoms with van der Waals surface area (Å²) in [5.74, 6) is 0.192. The van der Waals surface area contributed by atoms with Gasteiger partial charge in [-0.3, -0.25) is 4.72 Å². The Hall–Kier alpha value is -0.340. The molecular weight excluding hydrogens is 368 g/mol. The van der Waals surface area contributed by atoms with Gasteiger partial charge in [0, 0.05) is 24.2 Å². The van der Waals surface area contributed by atoms with Crippen LogP contribution in [-0.2, 0) is 10.2 Å². The summed E-state index contributed by atoms with van der Waals surface area (Å²) in [4.78, 5) is 0. The van der Waals surface area contributed by atoms with Gasteiger partial charge in [0.2, 0.25) is 0 Å². The summed E-state index contributed by atoms with van der Waals surface area (Å²) in [7, 11) is -3.60. The maximum atomic E-state index is 12.3. The second-order valence-electron chi connectivity index (χ2n) is 4.76. The largest absolute Gasteiger partial charge is 0.396 e. The van der Waals surface area contributed by atoms with Crippen LogP contribution in [0.1, 0.15) is 12.8 Å². The van der Waals surface area contributed by atoms with E-state index in [1.165, 1.54) is 4.31 Å². The summed E-state index contributed by atoms with van der Waals surface area (Å²) in [6.45, 7) is 0.934. The normalized spacial score (nSPS) is 18.1. The van der Waals surface area contributed by atoms with Crippen molar-refractivity contribution in [2.45, 2.75) is 12.8 Å². The van der Waals surface area contributed by atoms with E-state index in [1.54, 1.807) is 18.2 Å². The Labute approximate surface area is 132 Å². The molecule has 0 aromatic heterocycles. The second-order valence-corrected chi connectivity index (χ2v) is 7.75. The zero-order valence-electron chi connectivity index (χ0n) is 10.7. The van der Waals surface area contributed by atoms with Crippen LogP contribution in [0.4, 0.5) is 5.69 Å². The summed E-state index contributed by atoms with van der Waals surface area (Å²) < 4.78 is 29.2. The number of hydrogen-bond donors (Lipinski definition) is 2. The number of nitrogens with one attached hydrogen (secondary N) is 1. The summed E-state index contributed by atoms with van der Waals surface area (Å²) in [6, 6.07) is 4.98. The molecule has 0 amide bonds. The third kappa shape index (κ3) is 3.85. The fourth-order valence-electron chi connectivity index (χ4n) is 2.11. The van der Waals surface area contributed by atoms with Crippen molar-refractivity contribution in [2.24, 2.45) is 5.92 Å². The van der Waals surface area contributed by atoms with Gasteiger partial charge in [-0.15, -0.1) is 0 Å². The molecular formula is C12H16BrClN2O3S. The second kappa shape index (κ2) is 6.62. The number of aliphatic hydroxyl groups excluding tert-OH is 1. The Morgan fingerprint density at radius 1 is 1.40 bits per heavy atom. The maximum absolute atomic E-state index is 12.3. The van der Waals surface area contributed by atoms with Crippen molar-refractivity contribution < 1.29 is 13.5 Å². The Balaban J connectivity index is 2.08. The van der Waals surface area contributed by atoms with Gasteiger partial charge in [-0.1, -0.05) is 27.5 Å². The molecule has 2 N–H and O–H groups in total. The van der Waals surface area contributed by atoms with E-state index in [-0.39, 0.29) is 12.5 Å². The van der Waals surface area contributed by atoms with Crippen LogP contribution in [0, 0.1) is 5.92 Å². The number of rotatable bonds is 4. The highest BCUT2D eigenvalue weighted by atomic mass is 79.9. The highest BCUT2D eigenvalue weighted by Gasteiger charge is 2.28. The summed E-state index contributed by atoms with van der Waals surface area (Å²) in [6.07, 6.45) is 1.34. The zero-order chi connectivity index (χ0) is 14.8. The molecule has 0 aliphatic carbocycles. The van der Waals surface area contributed by atoms with Gasteiger partial charge in [0.15, 0.2) is 0 Å². The number of piperidine rings is 1. The molecule has 8 heteroatoms. The number of aliphatic hydroxyl groups is 1. The Morgan fingerprint density at radius 3 is 2.60 bits per heavy atom. The van der Waals surface area contributed by atoms with Crippen LogP contribution in [0.25, 0.3) is 0 Å². The number of halogens is 2. The van der Waals surface area contributed by atoms with Crippen LogP contribution < -0.4 is 4.72 Å². The van der Waals surface area contributed by atoms with E-state index in [2.05, 4.69) is 20.7 Å². The van der Waals surface area contributed by atoms with E-state index in [4.69, 9.17) is 16.7 Å². The zero-order valence-corrected chi connectivity index (χ0v) is 13.9. The molecule has 0 unspecified atom stereocenters. The highest BCUT2D eigenvalue weighted by Crippen LogP contribution is 2.28. The molecule has 1 fully saturated rings. The molecule has 0 bridgehead atoms.